The summed E-state index contributed by atoms with van der Waals surface area (Å²) in [7, 11) is 0. The second-order valence-electron chi connectivity index (χ2n) is 20.4. The van der Waals surface area contributed by atoms with Crippen molar-refractivity contribution in [2.75, 3.05) is 19.8 Å². The van der Waals surface area contributed by atoms with Crippen molar-refractivity contribution in [3.8, 4) is 0 Å². The van der Waals surface area contributed by atoms with E-state index in [0.29, 0.717) is 31.6 Å². The molecule has 0 radical (unpaired) electrons. The number of allylic oxidation sites excluding steroid dienone is 1. The Hall–Kier alpha value is -1.56. The molecule has 0 bridgehead atoms. The quantitative estimate of drug-likeness (QED) is 0.0957. The monoisotopic (exact) mass is 900 g/mol. The third kappa shape index (κ3) is 9.24. The Balaban J connectivity index is 0.964. The van der Waals surface area contributed by atoms with E-state index < -0.39 is 117 Å². The third-order valence-electron chi connectivity index (χ3n) is 16.5. The molecule has 0 aromatic rings. The van der Waals surface area contributed by atoms with Gasteiger partial charge in [-0.25, -0.2) is 0 Å². The van der Waals surface area contributed by atoms with E-state index in [-0.39, 0.29) is 59.3 Å². The van der Waals surface area contributed by atoms with Crippen LogP contribution in [-0.4, -0.2) is 181 Å². The molecular formula is C45H72O18. The van der Waals surface area contributed by atoms with Crippen LogP contribution in [0.5, 0.6) is 0 Å². The maximum Gasteiger partial charge on any atom is 0.187 e. The van der Waals surface area contributed by atoms with E-state index in [2.05, 4.69) is 19.9 Å². The summed E-state index contributed by atoms with van der Waals surface area (Å²) in [6, 6.07) is 0. The number of ether oxygens (including phenoxy) is 6. The molecule has 63 heavy (non-hydrogen) atoms. The van der Waals surface area contributed by atoms with E-state index in [1.54, 1.807) is 0 Å². The standard InChI is InChI=1S/C45H72O18/c1-19(18-58-41-38(56)36(54)33(51)29(16-46)61-41)6-9-27(48)20(2)31-28(49)15-26-24-8-7-22-14-23(10-12-44(22,4)25(24)11-13-45(26,31)5)60-43-40(37(55)34(52)30(17-47)62-43)63-42-39(57)35(53)32(50)21(3)59-42/h7,19-21,23-26,29-43,46-47,50-57H,6,8-18H2,1-5H3/t19-,20+,21+,23+,24-,25+,26+,29-,30-,31+,32+,33-,34-,35-,36+,37+,38-,39-,40-,41-,42+,43-,44+,45+/m1/s1. The summed E-state index contributed by atoms with van der Waals surface area (Å²) in [5.41, 5.74) is 0.735. The predicted octanol–water partition coefficient (Wildman–Crippen LogP) is -0.781. The molecule has 24 atom stereocenters. The van der Waals surface area contributed by atoms with Crippen molar-refractivity contribution >= 4 is 11.6 Å². The minimum atomic E-state index is -1.67. The first-order valence-corrected chi connectivity index (χ1v) is 23.1. The van der Waals surface area contributed by atoms with Gasteiger partial charge in [-0.1, -0.05) is 39.3 Å². The minimum Gasteiger partial charge on any atom is -0.394 e. The van der Waals surface area contributed by atoms with Crippen LogP contribution in [0.15, 0.2) is 11.6 Å². The highest BCUT2D eigenvalue weighted by Crippen LogP contribution is 2.66. The molecule has 7 rings (SSSR count). The first-order chi connectivity index (χ1) is 29.7. The molecule has 18 nitrogen and oxygen atoms in total. The smallest absolute Gasteiger partial charge is 0.187 e. The van der Waals surface area contributed by atoms with Gasteiger partial charge in [0.25, 0.3) is 0 Å². The molecule has 0 amide bonds. The van der Waals surface area contributed by atoms with Crippen molar-refractivity contribution in [1.82, 2.24) is 0 Å². The number of fused-ring (bicyclic) bond motifs is 5. The molecule has 3 aliphatic heterocycles. The van der Waals surface area contributed by atoms with Gasteiger partial charge in [-0.05, 0) is 86.4 Å². The molecule has 0 spiro atoms. The highest BCUT2D eigenvalue weighted by molar-refractivity contribution is 5.92. The highest BCUT2D eigenvalue weighted by Gasteiger charge is 2.63. The Morgan fingerprint density at radius 1 is 0.762 bits per heavy atom. The number of hydrogen-bond acceptors (Lipinski definition) is 18. The van der Waals surface area contributed by atoms with Gasteiger partial charge in [0.15, 0.2) is 18.9 Å². The van der Waals surface area contributed by atoms with Gasteiger partial charge in [0, 0.05) is 24.7 Å². The lowest BCUT2D eigenvalue weighted by molar-refractivity contribution is -0.369. The van der Waals surface area contributed by atoms with Crippen LogP contribution >= 0.6 is 0 Å². The lowest BCUT2D eigenvalue weighted by Gasteiger charge is -2.58. The SMILES string of the molecule is C[C@H](CCC(=O)[C@H](C)[C@H]1C(=O)C[C@H]2[C@@H]3CC=C4C[C@@H](O[C@@H]5O[C@H](CO)[C@@H](O)[C@H](O)[C@H]5O[C@@H]5O[C@@H](C)[C@H](O)[C@@H](O)[C@H]5O)CC[C@]4(C)[C@H]3CC[C@]12C)CO[C@@H]1O[C@H](CO)[C@@H](O)[C@H](O)[C@H]1O. The number of aliphatic hydroxyl groups excluding tert-OH is 10. The maximum atomic E-state index is 14.0. The summed E-state index contributed by atoms with van der Waals surface area (Å²) in [4.78, 5) is 27.8. The predicted molar refractivity (Wildman–Crippen MR) is 218 cm³/mol. The Kier molecular flexibility index (Phi) is 15.3. The van der Waals surface area contributed by atoms with Gasteiger partial charge in [-0.2, -0.15) is 0 Å². The lowest BCUT2D eigenvalue weighted by atomic mass is 9.47. The summed E-state index contributed by atoms with van der Waals surface area (Å²) < 4.78 is 35.1. The zero-order valence-electron chi connectivity index (χ0n) is 37.0. The fraction of sp³-hybridized carbons (Fsp3) is 0.911. The highest BCUT2D eigenvalue weighted by atomic mass is 16.8. The minimum absolute atomic E-state index is 0.0171. The number of hydrogen-bond donors (Lipinski definition) is 10. The van der Waals surface area contributed by atoms with Gasteiger partial charge >= 0.3 is 0 Å². The van der Waals surface area contributed by atoms with E-state index in [1.807, 2.05) is 13.8 Å². The largest absolute Gasteiger partial charge is 0.394 e. The van der Waals surface area contributed by atoms with Crippen LogP contribution in [0.3, 0.4) is 0 Å². The fourth-order valence-corrected chi connectivity index (χ4v) is 12.6. The summed E-state index contributed by atoms with van der Waals surface area (Å²) in [6.07, 6.45) is -13.4. The summed E-state index contributed by atoms with van der Waals surface area (Å²) in [5, 5.41) is 103. The number of carbonyl (C=O) groups is 2. The van der Waals surface area contributed by atoms with Crippen molar-refractivity contribution in [2.24, 2.45) is 46.3 Å². The van der Waals surface area contributed by atoms with Gasteiger partial charge in [-0.15, -0.1) is 0 Å². The first kappa shape index (κ1) is 49.3. The second kappa shape index (κ2) is 19.6. The third-order valence-corrected chi connectivity index (χ3v) is 16.5. The molecule has 6 fully saturated rings. The summed E-state index contributed by atoms with van der Waals surface area (Å²) >= 11 is 0. The Bertz CT molecular complexity index is 1630. The molecule has 3 saturated carbocycles. The molecule has 0 aromatic carbocycles. The lowest BCUT2D eigenvalue weighted by Crippen LogP contribution is -2.64. The van der Waals surface area contributed by atoms with E-state index in [9.17, 15) is 60.7 Å². The topological polar surface area (TPSA) is 292 Å². The van der Waals surface area contributed by atoms with Crippen LogP contribution in [0.2, 0.25) is 0 Å². The molecule has 0 aromatic heterocycles. The van der Waals surface area contributed by atoms with Gasteiger partial charge in [0.2, 0.25) is 0 Å². The van der Waals surface area contributed by atoms with E-state index in [1.165, 1.54) is 12.5 Å². The van der Waals surface area contributed by atoms with Crippen molar-refractivity contribution in [1.29, 1.82) is 0 Å². The van der Waals surface area contributed by atoms with Crippen LogP contribution in [0.25, 0.3) is 0 Å². The number of carbonyl (C=O) groups excluding carboxylic acids is 2. The first-order valence-electron chi connectivity index (χ1n) is 23.1. The zero-order chi connectivity index (χ0) is 45.9. The van der Waals surface area contributed by atoms with Gasteiger partial charge < -0.3 is 79.5 Å². The molecule has 0 unspecified atom stereocenters. The molecular weight excluding hydrogens is 828 g/mol. The fourth-order valence-electron chi connectivity index (χ4n) is 12.6. The molecule has 7 aliphatic rings. The van der Waals surface area contributed by atoms with Crippen molar-refractivity contribution < 1.29 is 89.1 Å². The Morgan fingerprint density at radius 2 is 1.40 bits per heavy atom. The molecule has 3 saturated heterocycles. The molecule has 18 heteroatoms. The zero-order valence-corrected chi connectivity index (χ0v) is 37.0. The molecule has 4 aliphatic carbocycles. The van der Waals surface area contributed by atoms with Crippen LogP contribution < -0.4 is 0 Å². The Labute approximate surface area is 368 Å². The van der Waals surface area contributed by atoms with Gasteiger partial charge in [0.1, 0.15) is 78.7 Å². The van der Waals surface area contributed by atoms with E-state index >= 15 is 0 Å². The van der Waals surface area contributed by atoms with Crippen LogP contribution in [0.4, 0.5) is 0 Å². The van der Waals surface area contributed by atoms with Crippen molar-refractivity contribution in [3.05, 3.63) is 11.6 Å². The average molecular weight is 901 g/mol. The van der Waals surface area contributed by atoms with Gasteiger partial charge in [0.05, 0.1) is 32.0 Å². The van der Waals surface area contributed by atoms with E-state index in [0.717, 1.165) is 25.7 Å². The average Bonchev–Trinajstić information content (AvgIpc) is 3.54. The molecule has 10 N–H and O–H groups in total. The van der Waals surface area contributed by atoms with Crippen LogP contribution in [0.1, 0.15) is 92.4 Å². The van der Waals surface area contributed by atoms with Crippen molar-refractivity contribution in [2.45, 2.75) is 191 Å². The number of ketones is 2. The van der Waals surface area contributed by atoms with Crippen molar-refractivity contribution in [3.63, 3.8) is 0 Å². The normalized spacial score (nSPS) is 49.9. The van der Waals surface area contributed by atoms with Crippen LogP contribution in [0, 0.1) is 46.3 Å². The maximum absolute atomic E-state index is 14.0. The number of Topliss-reactive ketones (excluding diaryl/α,β-unsaturated/α-hetero) is 2. The van der Waals surface area contributed by atoms with Gasteiger partial charge in [-0.3, -0.25) is 9.59 Å². The van der Waals surface area contributed by atoms with E-state index in [4.69, 9.17) is 28.4 Å². The number of aliphatic hydroxyl groups is 10. The molecule has 3 heterocycles. The Morgan fingerprint density at radius 3 is 2.08 bits per heavy atom. The summed E-state index contributed by atoms with van der Waals surface area (Å²) in [5.74, 6) is -0.137. The summed E-state index contributed by atoms with van der Waals surface area (Å²) in [6.45, 7) is 8.71. The number of rotatable bonds is 14. The molecule has 360 valence electrons. The van der Waals surface area contributed by atoms with Crippen LogP contribution in [-0.2, 0) is 38.0 Å². The second-order valence-corrected chi connectivity index (χ2v) is 20.4.